The number of nitrogens with zero attached hydrogens (tertiary/aromatic N) is 1. The van der Waals surface area contributed by atoms with Crippen LogP contribution in [0.25, 0.3) is 0 Å². The smallest absolute Gasteiger partial charge is 0.0963 e. The van der Waals surface area contributed by atoms with Crippen LogP contribution in [0.5, 0.6) is 0 Å². The van der Waals surface area contributed by atoms with Gasteiger partial charge in [0.05, 0.1) is 11.4 Å². The highest BCUT2D eigenvalue weighted by Gasteiger charge is 2.47. The van der Waals surface area contributed by atoms with Crippen LogP contribution in [-0.4, -0.2) is 35.2 Å². The third kappa shape index (κ3) is 0.930. The highest BCUT2D eigenvalue weighted by atomic mass is 32.2. The number of nitrogens with one attached hydrogen (secondary N) is 1. The largest absolute Gasteiger partial charge is 0.358 e. The molecule has 0 aromatic carbocycles. The second-order valence-corrected chi connectivity index (χ2v) is 4.57. The first kappa shape index (κ1) is 8.20. The van der Waals surface area contributed by atoms with Crippen LogP contribution < -0.4 is 5.32 Å². The molecule has 2 nitrogen and oxygen atoms in total. The van der Waals surface area contributed by atoms with Gasteiger partial charge in [-0.2, -0.15) is 0 Å². The van der Waals surface area contributed by atoms with Crippen LogP contribution in [0, 0.1) is 0 Å². The van der Waals surface area contributed by atoms with Gasteiger partial charge in [0, 0.05) is 17.5 Å². The standard InChI is InChI=1S/C9H14N2S/c1-4-7-5-11-6(2)8(10-3)9(11)12-7/h4,7-10H,1-2,5H2,3H3/t7-,8+,9?/m0/s1. The molecule has 66 valence electrons. The number of fused-ring (bicyclic) bond motifs is 1. The van der Waals surface area contributed by atoms with E-state index in [4.69, 9.17) is 0 Å². The number of hydrogen-bond acceptors (Lipinski definition) is 3. The average Bonchev–Trinajstić information content (AvgIpc) is 2.45. The van der Waals surface area contributed by atoms with Gasteiger partial charge in [0.1, 0.15) is 0 Å². The van der Waals surface area contributed by atoms with E-state index >= 15 is 0 Å². The third-order valence-corrected chi connectivity index (χ3v) is 4.08. The van der Waals surface area contributed by atoms with Crippen LogP contribution in [0.4, 0.5) is 0 Å². The SMILES string of the molecule is C=C[C@H]1CN2C(=C)[C@@H](NC)C2S1. The van der Waals surface area contributed by atoms with Gasteiger partial charge in [-0.25, -0.2) is 0 Å². The highest BCUT2D eigenvalue weighted by molar-refractivity contribution is 8.01. The van der Waals surface area contributed by atoms with E-state index in [1.165, 1.54) is 5.70 Å². The zero-order valence-corrected chi connectivity index (χ0v) is 8.10. The summed E-state index contributed by atoms with van der Waals surface area (Å²) in [7, 11) is 2.00. The fourth-order valence-corrected chi connectivity index (χ4v) is 3.37. The molecule has 1 N–H and O–H groups in total. The molecule has 2 heterocycles. The van der Waals surface area contributed by atoms with Crippen LogP contribution in [0.3, 0.4) is 0 Å². The topological polar surface area (TPSA) is 15.3 Å². The van der Waals surface area contributed by atoms with Gasteiger partial charge in [0.2, 0.25) is 0 Å². The Morgan fingerprint density at radius 2 is 2.50 bits per heavy atom. The van der Waals surface area contributed by atoms with E-state index in [0.29, 0.717) is 16.7 Å². The molecule has 0 aromatic rings. The molecule has 2 saturated heterocycles. The quantitative estimate of drug-likeness (QED) is 0.642. The van der Waals surface area contributed by atoms with Gasteiger partial charge in [-0.1, -0.05) is 12.7 Å². The summed E-state index contributed by atoms with van der Waals surface area (Å²) in [5.41, 5.74) is 1.24. The molecule has 1 unspecified atom stereocenters. The zero-order valence-electron chi connectivity index (χ0n) is 7.29. The van der Waals surface area contributed by atoms with Gasteiger partial charge >= 0.3 is 0 Å². The molecule has 3 heteroatoms. The molecular weight excluding hydrogens is 168 g/mol. The predicted molar refractivity (Wildman–Crippen MR) is 54.1 cm³/mol. The molecule has 12 heavy (non-hydrogen) atoms. The van der Waals surface area contributed by atoms with Gasteiger partial charge in [-0.3, -0.25) is 0 Å². The maximum atomic E-state index is 4.04. The second kappa shape index (κ2) is 2.82. The molecule has 0 aromatic heterocycles. The normalized spacial score (nSPS) is 39.2. The molecule has 2 rings (SSSR count). The number of likely N-dealkylation sites (N-methyl/N-ethyl adjacent to an activating group) is 1. The van der Waals surface area contributed by atoms with Crippen molar-refractivity contribution in [1.82, 2.24) is 10.2 Å². The summed E-state index contributed by atoms with van der Waals surface area (Å²) in [6.07, 6.45) is 2.03. The van der Waals surface area contributed by atoms with Crippen LogP contribution in [0.1, 0.15) is 0 Å². The molecular formula is C9H14N2S. The van der Waals surface area contributed by atoms with Gasteiger partial charge < -0.3 is 10.2 Å². The lowest BCUT2D eigenvalue weighted by atomic mass is 10.0. The van der Waals surface area contributed by atoms with Crippen molar-refractivity contribution >= 4 is 11.8 Å². The Bertz CT molecular complexity index is 227. The minimum atomic E-state index is 0.486. The van der Waals surface area contributed by atoms with E-state index in [-0.39, 0.29) is 0 Å². The highest BCUT2D eigenvalue weighted by Crippen LogP contribution is 2.44. The fourth-order valence-electron chi connectivity index (χ4n) is 1.83. The maximum absolute atomic E-state index is 4.04. The molecule has 0 aliphatic carbocycles. The maximum Gasteiger partial charge on any atom is 0.0963 e. The number of rotatable bonds is 2. The molecule has 0 spiro atoms. The van der Waals surface area contributed by atoms with Crippen LogP contribution >= 0.6 is 11.8 Å². The van der Waals surface area contributed by atoms with Crippen molar-refractivity contribution < 1.29 is 0 Å². The first-order valence-corrected chi connectivity index (χ1v) is 5.13. The van der Waals surface area contributed by atoms with Crippen LogP contribution in [0.2, 0.25) is 0 Å². The number of hydrogen-bond donors (Lipinski definition) is 1. The zero-order chi connectivity index (χ0) is 8.72. The lowest BCUT2D eigenvalue weighted by molar-refractivity contribution is 0.200. The van der Waals surface area contributed by atoms with Crippen molar-refractivity contribution in [2.24, 2.45) is 0 Å². The summed E-state index contributed by atoms with van der Waals surface area (Å²) >= 11 is 1.98. The summed E-state index contributed by atoms with van der Waals surface area (Å²) in [6, 6.07) is 0.486. The molecule has 0 saturated carbocycles. The molecule has 0 bridgehead atoms. The van der Waals surface area contributed by atoms with Crippen LogP contribution in [-0.2, 0) is 0 Å². The van der Waals surface area contributed by atoms with E-state index in [1.807, 2.05) is 24.9 Å². The lowest BCUT2D eigenvalue weighted by Crippen LogP contribution is -2.58. The van der Waals surface area contributed by atoms with E-state index in [0.717, 1.165) is 6.54 Å². The minimum Gasteiger partial charge on any atom is -0.358 e. The van der Waals surface area contributed by atoms with Crippen molar-refractivity contribution in [1.29, 1.82) is 0 Å². The molecule has 0 amide bonds. The fraction of sp³-hybridized carbons (Fsp3) is 0.556. The predicted octanol–water partition coefficient (Wildman–Crippen LogP) is 1.03. The molecule has 2 aliphatic heterocycles. The Morgan fingerprint density at radius 3 is 3.08 bits per heavy atom. The van der Waals surface area contributed by atoms with E-state index in [1.54, 1.807) is 0 Å². The van der Waals surface area contributed by atoms with Crippen molar-refractivity contribution in [3.05, 3.63) is 24.9 Å². The van der Waals surface area contributed by atoms with Crippen molar-refractivity contribution in [3.63, 3.8) is 0 Å². The van der Waals surface area contributed by atoms with Crippen molar-refractivity contribution in [2.75, 3.05) is 13.6 Å². The van der Waals surface area contributed by atoms with E-state index in [2.05, 4.69) is 23.4 Å². The first-order valence-electron chi connectivity index (χ1n) is 4.18. The van der Waals surface area contributed by atoms with Gasteiger partial charge in [-0.05, 0) is 7.05 Å². The Labute approximate surface area is 77.7 Å². The molecule has 2 aliphatic rings. The molecule has 3 atom stereocenters. The average molecular weight is 182 g/mol. The Kier molecular flexibility index (Phi) is 1.93. The van der Waals surface area contributed by atoms with Crippen molar-refractivity contribution in [3.8, 4) is 0 Å². The summed E-state index contributed by atoms with van der Waals surface area (Å²) in [5, 5.41) is 4.46. The van der Waals surface area contributed by atoms with Crippen molar-refractivity contribution in [2.45, 2.75) is 16.7 Å². The van der Waals surface area contributed by atoms with Gasteiger partial charge in [0.15, 0.2) is 0 Å². The summed E-state index contributed by atoms with van der Waals surface area (Å²) in [4.78, 5) is 2.36. The lowest BCUT2D eigenvalue weighted by Gasteiger charge is -2.46. The van der Waals surface area contributed by atoms with Gasteiger partial charge in [0.25, 0.3) is 0 Å². The molecule has 2 fully saturated rings. The van der Waals surface area contributed by atoms with Gasteiger partial charge in [-0.15, -0.1) is 18.3 Å². The minimum absolute atomic E-state index is 0.486. The summed E-state index contributed by atoms with van der Waals surface area (Å²) < 4.78 is 0. The molecule has 0 radical (unpaired) electrons. The summed E-state index contributed by atoms with van der Waals surface area (Å²) in [6.45, 7) is 8.95. The van der Waals surface area contributed by atoms with Crippen LogP contribution in [0.15, 0.2) is 24.9 Å². The Morgan fingerprint density at radius 1 is 1.75 bits per heavy atom. The monoisotopic (exact) mass is 182 g/mol. The Balaban J connectivity index is 2.06. The van der Waals surface area contributed by atoms with E-state index < -0.39 is 0 Å². The Hall–Kier alpha value is -0.410. The summed E-state index contributed by atoms with van der Waals surface area (Å²) in [5.74, 6) is 0. The number of thioether (sulfide) groups is 1. The van der Waals surface area contributed by atoms with E-state index in [9.17, 15) is 0 Å². The third-order valence-electron chi connectivity index (χ3n) is 2.59. The first-order chi connectivity index (χ1) is 5.77. The second-order valence-electron chi connectivity index (χ2n) is 3.21.